The van der Waals surface area contributed by atoms with Crippen LogP contribution in [0.2, 0.25) is 0 Å². The first-order valence-electron chi connectivity index (χ1n) is 5.21. The van der Waals surface area contributed by atoms with Crippen molar-refractivity contribution in [1.29, 1.82) is 0 Å². The molecule has 4 heteroatoms. The first-order valence-corrected chi connectivity index (χ1v) is 5.21. The smallest absolute Gasteiger partial charge is 0.251 e. The predicted molar refractivity (Wildman–Crippen MR) is 59.6 cm³/mol. The summed E-state index contributed by atoms with van der Waals surface area (Å²) in [6.45, 7) is 1.80. The van der Waals surface area contributed by atoms with Gasteiger partial charge in [0.05, 0.1) is 12.6 Å². The predicted octanol–water partition coefficient (Wildman–Crippen LogP) is 2.23. The van der Waals surface area contributed by atoms with E-state index in [2.05, 4.69) is 0 Å². The SMILES string of the molecule is Cc1ccccc1C(O)CN(C)CC(F)F. The van der Waals surface area contributed by atoms with Gasteiger partial charge >= 0.3 is 0 Å². The van der Waals surface area contributed by atoms with Crippen LogP contribution in [0.5, 0.6) is 0 Å². The fourth-order valence-corrected chi connectivity index (χ4v) is 1.66. The van der Waals surface area contributed by atoms with E-state index in [4.69, 9.17) is 0 Å². The normalized spacial score (nSPS) is 13.4. The van der Waals surface area contributed by atoms with Gasteiger partial charge in [-0.2, -0.15) is 0 Å². The largest absolute Gasteiger partial charge is 0.387 e. The van der Waals surface area contributed by atoms with Gasteiger partial charge in [0.2, 0.25) is 0 Å². The third-order valence-electron chi connectivity index (χ3n) is 2.48. The van der Waals surface area contributed by atoms with Crippen LogP contribution in [0.1, 0.15) is 17.2 Å². The number of aryl methyl sites for hydroxylation is 1. The van der Waals surface area contributed by atoms with Crippen molar-refractivity contribution >= 4 is 0 Å². The van der Waals surface area contributed by atoms with Crippen LogP contribution >= 0.6 is 0 Å². The molecule has 0 saturated carbocycles. The molecular formula is C12H17F2NO. The Morgan fingerprint density at radius 1 is 1.25 bits per heavy atom. The standard InChI is InChI=1S/C12H17F2NO/c1-9-5-3-4-6-10(9)11(16)7-15(2)8-12(13)14/h3-6,11-12,16H,7-8H2,1-2H3. The van der Waals surface area contributed by atoms with Crippen LogP contribution < -0.4 is 0 Å². The average Bonchev–Trinajstić information content (AvgIpc) is 2.16. The lowest BCUT2D eigenvalue weighted by Gasteiger charge is -2.21. The molecule has 0 bridgehead atoms. The van der Waals surface area contributed by atoms with E-state index in [0.29, 0.717) is 0 Å². The molecule has 1 aromatic carbocycles. The van der Waals surface area contributed by atoms with Gasteiger partial charge in [-0.1, -0.05) is 24.3 Å². The lowest BCUT2D eigenvalue weighted by atomic mass is 10.0. The van der Waals surface area contributed by atoms with Gasteiger partial charge in [-0.15, -0.1) is 0 Å². The molecule has 0 aliphatic heterocycles. The van der Waals surface area contributed by atoms with Crippen molar-refractivity contribution in [2.24, 2.45) is 0 Å². The summed E-state index contributed by atoms with van der Waals surface area (Å²) in [5.41, 5.74) is 1.77. The summed E-state index contributed by atoms with van der Waals surface area (Å²) in [6.07, 6.45) is -3.08. The van der Waals surface area contributed by atoms with E-state index < -0.39 is 12.5 Å². The number of hydrogen-bond donors (Lipinski definition) is 1. The van der Waals surface area contributed by atoms with Gasteiger partial charge in [0.1, 0.15) is 0 Å². The van der Waals surface area contributed by atoms with Crippen molar-refractivity contribution in [2.75, 3.05) is 20.1 Å². The second kappa shape index (κ2) is 5.92. The highest BCUT2D eigenvalue weighted by atomic mass is 19.3. The van der Waals surface area contributed by atoms with Gasteiger partial charge in [0, 0.05) is 6.54 Å². The summed E-state index contributed by atoms with van der Waals surface area (Å²) < 4.78 is 24.2. The van der Waals surface area contributed by atoms with Gasteiger partial charge in [-0.3, -0.25) is 4.90 Å². The Bertz CT molecular complexity index is 331. The zero-order chi connectivity index (χ0) is 12.1. The molecule has 0 heterocycles. The lowest BCUT2D eigenvalue weighted by Crippen LogP contribution is -2.29. The Kier molecular flexibility index (Phi) is 4.83. The molecule has 0 fully saturated rings. The fourth-order valence-electron chi connectivity index (χ4n) is 1.66. The first-order chi connectivity index (χ1) is 7.50. The van der Waals surface area contributed by atoms with Crippen molar-refractivity contribution in [1.82, 2.24) is 4.90 Å². The molecule has 1 rings (SSSR count). The summed E-state index contributed by atoms with van der Waals surface area (Å²) in [4.78, 5) is 1.43. The van der Waals surface area contributed by atoms with Crippen LogP contribution in [0.3, 0.4) is 0 Å². The molecule has 0 spiro atoms. The minimum absolute atomic E-state index is 0.217. The highest BCUT2D eigenvalue weighted by Crippen LogP contribution is 2.18. The van der Waals surface area contributed by atoms with Gasteiger partial charge in [-0.05, 0) is 25.1 Å². The maximum Gasteiger partial charge on any atom is 0.251 e. The fraction of sp³-hybridized carbons (Fsp3) is 0.500. The molecule has 2 nitrogen and oxygen atoms in total. The number of nitrogens with zero attached hydrogens (tertiary/aromatic N) is 1. The Morgan fingerprint density at radius 2 is 1.88 bits per heavy atom. The zero-order valence-electron chi connectivity index (χ0n) is 9.53. The van der Waals surface area contributed by atoms with Crippen molar-refractivity contribution in [2.45, 2.75) is 19.5 Å². The number of benzene rings is 1. The van der Waals surface area contributed by atoms with Crippen LogP contribution in [-0.4, -0.2) is 36.6 Å². The van der Waals surface area contributed by atoms with Crippen molar-refractivity contribution in [3.8, 4) is 0 Å². The van der Waals surface area contributed by atoms with E-state index in [9.17, 15) is 13.9 Å². The quantitative estimate of drug-likeness (QED) is 0.837. The molecule has 1 N–H and O–H groups in total. The number of rotatable bonds is 5. The maximum absolute atomic E-state index is 12.1. The van der Waals surface area contributed by atoms with E-state index in [1.54, 1.807) is 7.05 Å². The van der Waals surface area contributed by atoms with Crippen molar-refractivity contribution in [3.63, 3.8) is 0 Å². The highest BCUT2D eigenvalue weighted by Gasteiger charge is 2.14. The first kappa shape index (κ1) is 13.1. The van der Waals surface area contributed by atoms with Crippen molar-refractivity contribution < 1.29 is 13.9 Å². The molecule has 90 valence electrons. The molecule has 0 radical (unpaired) electrons. The molecule has 1 aromatic rings. The van der Waals surface area contributed by atoms with Crippen LogP contribution in [0.25, 0.3) is 0 Å². The number of aliphatic hydroxyl groups excluding tert-OH is 1. The molecular weight excluding hydrogens is 212 g/mol. The Hall–Kier alpha value is -1.00. The van der Waals surface area contributed by atoms with E-state index in [1.807, 2.05) is 31.2 Å². The number of alkyl halides is 2. The Morgan fingerprint density at radius 3 is 2.44 bits per heavy atom. The van der Waals surface area contributed by atoms with Gasteiger partial charge in [0.15, 0.2) is 0 Å². The maximum atomic E-state index is 12.1. The molecule has 0 aliphatic rings. The minimum atomic E-state index is -2.37. The number of halogens is 2. The third-order valence-corrected chi connectivity index (χ3v) is 2.48. The zero-order valence-corrected chi connectivity index (χ0v) is 9.53. The number of hydrogen-bond acceptors (Lipinski definition) is 2. The Labute approximate surface area is 94.5 Å². The summed E-state index contributed by atoms with van der Waals surface area (Å²) in [5, 5.41) is 9.90. The molecule has 1 unspecified atom stereocenters. The number of aliphatic hydroxyl groups is 1. The monoisotopic (exact) mass is 229 g/mol. The van der Waals surface area contributed by atoms with Gasteiger partial charge in [0.25, 0.3) is 6.43 Å². The summed E-state index contributed by atoms with van der Waals surface area (Å²) >= 11 is 0. The van der Waals surface area contributed by atoms with Crippen LogP contribution in [0, 0.1) is 6.92 Å². The molecule has 0 saturated heterocycles. The number of likely N-dealkylation sites (N-methyl/N-ethyl adjacent to an activating group) is 1. The van der Waals surface area contributed by atoms with E-state index in [0.717, 1.165) is 11.1 Å². The summed E-state index contributed by atoms with van der Waals surface area (Å²) in [7, 11) is 1.58. The molecule has 0 aliphatic carbocycles. The minimum Gasteiger partial charge on any atom is -0.387 e. The van der Waals surface area contributed by atoms with Crippen molar-refractivity contribution in [3.05, 3.63) is 35.4 Å². The Balaban J connectivity index is 2.58. The second-order valence-electron chi connectivity index (χ2n) is 3.98. The molecule has 16 heavy (non-hydrogen) atoms. The average molecular weight is 229 g/mol. The summed E-state index contributed by atoms with van der Waals surface area (Å²) in [5.74, 6) is 0. The third kappa shape index (κ3) is 3.87. The highest BCUT2D eigenvalue weighted by molar-refractivity contribution is 5.27. The van der Waals surface area contributed by atoms with Gasteiger partial charge in [-0.25, -0.2) is 8.78 Å². The lowest BCUT2D eigenvalue weighted by molar-refractivity contribution is 0.0679. The topological polar surface area (TPSA) is 23.5 Å². The van der Waals surface area contributed by atoms with E-state index in [-0.39, 0.29) is 13.1 Å². The molecule has 1 atom stereocenters. The summed E-state index contributed by atoms with van der Waals surface area (Å²) in [6, 6.07) is 7.43. The van der Waals surface area contributed by atoms with E-state index >= 15 is 0 Å². The van der Waals surface area contributed by atoms with Gasteiger partial charge < -0.3 is 5.11 Å². The van der Waals surface area contributed by atoms with Crippen LogP contribution in [0.4, 0.5) is 8.78 Å². The second-order valence-corrected chi connectivity index (χ2v) is 3.98. The van der Waals surface area contributed by atoms with Crippen LogP contribution in [-0.2, 0) is 0 Å². The van der Waals surface area contributed by atoms with Crippen LogP contribution in [0.15, 0.2) is 24.3 Å². The van der Waals surface area contributed by atoms with E-state index in [1.165, 1.54) is 4.90 Å². The molecule has 0 amide bonds. The molecule has 0 aromatic heterocycles.